The smallest absolute Gasteiger partial charge is 0.237 e. The van der Waals surface area contributed by atoms with E-state index < -0.39 is 28.5 Å². The molecule has 0 aliphatic rings. The second-order valence-corrected chi connectivity index (χ2v) is 8.01. The van der Waals surface area contributed by atoms with E-state index in [1.807, 2.05) is 34.9 Å². The number of carbonyl (C=O) groups excluding carboxylic acids is 1. The van der Waals surface area contributed by atoms with Crippen molar-refractivity contribution in [2.75, 3.05) is 5.32 Å². The summed E-state index contributed by atoms with van der Waals surface area (Å²) in [6, 6.07) is 16.7. The minimum atomic E-state index is -0.835. The van der Waals surface area contributed by atoms with Crippen LogP contribution in [0.1, 0.15) is 12.5 Å². The van der Waals surface area contributed by atoms with Crippen LogP contribution in [-0.4, -0.2) is 25.9 Å². The van der Waals surface area contributed by atoms with Gasteiger partial charge in [-0.05, 0) is 36.8 Å². The van der Waals surface area contributed by atoms with Gasteiger partial charge in [0.2, 0.25) is 11.7 Å². The summed E-state index contributed by atoms with van der Waals surface area (Å²) in [7, 11) is 0. The minimum Gasteiger partial charge on any atom is -0.461 e. The van der Waals surface area contributed by atoms with E-state index in [4.69, 9.17) is 4.42 Å². The van der Waals surface area contributed by atoms with Crippen molar-refractivity contribution in [3.8, 4) is 11.6 Å². The number of anilines is 1. The number of hydrogen-bond acceptors (Lipinski definition) is 5. The molecular weight excluding hydrogens is 422 g/mol. The molecule has 0 aliphatic carbocycles. The van der Waals surface area contributed by atoms with Crippen molar-refractivity contribution in [2.24, 2.45) is 0 Å². The number of para-hydroxylation sites is 1. The highest BCUT2D eigenvalue weighted by atomic mass is 32.2. The van der Waals surface area contributed by atoms with Gasteiger partial charge in [0.25, 0.3) is 0 Å². The third-order valence-corrected chi connectivity index (χ3v) is 5.58. The fraction of sp³-hybridized carbons (Fsp3) is 0.136. The molecule has 0 fully saturated rings. The Hall–Kier alpha value is -3.46. The Balaban J connectivity index is 1.58. The Bertz CT molecular complexity index is 1160. The van der Waals surface area contributed by atoms with Gasteiger partial charge in [0.05, 0.1) is 18.1 Å². The first kappa shape index (κ1) is 20.8. The third-order valence-electron chi connectivity index (χ3n) is 4.50. The molecule has 2 aromatic carbocycles. The van der Waals surface area contributed by atoms with Gasteiger partial charge < -0.3 is 9.73 Å². The van der Waals surface area contributed by atoms with Crippen LogP contribution in [0.5, 0.6) is 0 Å². The van der Waals surface area contributed by atoms with E-state index >= 15 is 0 Å². The first-order valence-corrected chi connectivity index (χ1v) is 10.3. The molecule has 0 bridgehead atoms. The molecule has 1 amide bonds. The molecule has 0 saturated carbocycles. The second-order valence-electron chi connectivity index (χ2n) is 6.70. The number of furan rings is 1. The van der Waals surface area contributed by atoms with Gasteiger partial charge in [-0.2, -0.15) is 0 Å². The van der Waals surface area contributed by atoms with Crippen LogP contribution >= 0.6 is 11.8 Å². The van der Waals surface area contributed by atoms with Gasteiger partial charge in [-0.3, -0.25) is 9.36 Å². The van der Waals surface area contributed by atoms with Crippen LogP contribution in [0, 0.1) is 11.6 Å². The molecule has 9 heteroatoms. The molecule has 0 radical (unpaired) electrons. The van der Waals surface area contributed by atoms with Crippen molar-refractivity contribution in [1.29, 1.82) is 0 Å². The average Bonchev–Trinajstić information content (AvgIpc) is 3.42. The fourth-order valence-corrected chi connectivity index (χ4v) is 3.77. The summed E-state index contributed by atoms with van der Waals surface area (Å²) in [5.74, 6) is -1.16. The van der Waals surface area contributed by atoms with Gasteiger partial charge in [0, 0.05) is 0 Å². The highest BCUT2D eigenvalue weighted by Gasteiger charge is 2.23. The second kappa shape index (κ2) is 9.13. The zero-order valence-electron chi connectivity index (χ0n) is 16.5. The Morgan fingerprint density at radius 1 is 1.06 bits per heavy atom. The molecule has 31 heavy (non-hydrogen) atoms. The lowest BCUT2D eigenvalue weighted by molar-refractivity contribution is -0.115. The summed E-state index contributed by atoms with van der Waals surface area (Å²) in [6.45, 7) is 2.09. The Morgan fingerprint density at radius 3 is 2.48 bits per heavy atom. The summed E-state index contributed by atoms with van der Waals surface area (Å²) >= 11 is 1.14. The zero-order valence-corrected chi connectivity index (χ0v) is 17.3. The average molecular weight is 440 g/mol. The van der Waals surface area contributed by atoms with E-state index in [2.05, 4.69) is 15.5 Å². The zero-order chi connectivity index (χ0) is 21.8. The molecule has 4 rings (SSSR count). The number of benzene rings is 2. The van der Waals surface area contributed by atoms with E-state index in [-0.39, 0.29) is 0 Å². The van der Waals surface area contributed by atoms with Crippen LogP contribution in [0.15, 0.2) is 76.5 Å². The molecule has 0 aliphatic heterocycles. The molecule has 0 spiro atoms. The number of rotatable bonds is 7. The van der Waals surface area contributed by atoms with Gasteiger partial charge in [0.1, 0.15) is 17.3 Å². The maximum absolute atomic E-state index is 13.9. The van der Waals surface area contributed by atoms with Crippen molar-refractivity contribution in [1.82, 2.24) is 14.8 Å². The number of aromatic nitrogens is 3. The van der Waals surface area contributed by atoms with Gasteiger partial charge in [-0.15, -0.1) is 10.2 Å². The van der Waals surface area contributed by atoms with Crippen LogP contribution in [0.3, 0.4) is 0 Å². The number of amides is 1. The summed E-state index contributed by atoms with van der Waals surface area (Å²) in [5, 5.41) is 10.5. The molecule has 4 aromatic rings. The van der Waals surface area contributed by atoms with Crippen molar-refractivity contribution < 1.29 is 18.0 Å². The number of halogens is 2. The highest BCUT2D eigenvalue weighted by Crippen LogP contribution is 2.29. The van der Waals surface area contributed by atoms with Crippen LogP contribution in [-0.2, 0) is 11.3 Å². The molecule has 1 unspecified atom stereocenters. The first-order chi connectivity index (χ1) is 15.0. The highest BCUT2D eigenvalue weighted by molar-refractivity contribution is 8.00. The molecule has 0 saturated heterocycles. The molecule has 158 valence electrons. The van der Waals surface area contributed by atoms with Gasteiger partial charge in [-0.1, -0.05) is 48.2 Å². The molecule has 2 heterocycles. The minimum absolute atomic E-state index is 0.461. The topological polar surface area (TPSA) is 73.0 Å². The van der Waals surface area contributed by atoms with Crippen LogP contribution in [0.25, 0.3) is 11.6 Å². The molecular formula is C22H18F2N4O2S. The number of nitrogens with zero attached hydrogens (tertiary/aromatic N) is 3. The maximum Gasteiger partial charge on any atom is 0.237 e. The summed E-state index contributed by atoms with van der Waals surface area (Å²) in [4.78, 5) is 12.6. The van der Waals surface area contributed by atoms with E-state index in [1.54, 1.807) is 25.3 Å². The molecule has 1 N–H and O–H groups in total. The number of hydrogen-bond donors (Lipinski definition) is 1. The molecule has 6 nitrogen and oxygen atoms in total. The van der Waals surface area contributed by atoms with Crippen LogP contribution in [0.2, 0.25) is 0 Å². The molecule has 1 atom stereocenters. The van der Waals surface area contributed by atoms with Crippen molar-refractivity contribution in [3.05, 3.63) is 84.1 Å². The summed E-state index contributed by atoms with van der Waals surface area (Å²) < 4.78 is 35.1. The van der Waals surface area contributed by atoms with E-state index in [0.29, 0.717) is 23.3 Å². The monoisotopic (exact) mass is 440 g/mol. The predicted molar refractivity (Wildman–Crippen MR) is 114 cm³/mol. The lowest BCUT2D eigenvalue weighted by Gasteiger charge is -2.14. The Labute approximate surface area is 181 Å². The number of carbonyl (C=O) groups is 1. The number of nitrogens with one attached hydrogen (secondary N) is 1. The SMILES string of the molecule is CC(Sc1nnc(-c2ccco2)n1Cc1ccccc1)C(=O)Nc1c(F)cccc1F. The lowest BCUT2D eigenvalue weighted by atomic mass is 10.2. The summed E-state index contributed by atoms with van der Waals surface area (Å²) in [6.07, 6.45) is 1.54. The van der Waals surface area contributed by atoms with Gasteiger partial charge >= 0.3 is 0 Å². The number of thioether (sulfide) groups is 1. The van der Waals surface area contributed by atoms with Crippen molar-refractivity contribution in [2.45, 2.75) is 23.9 Å². The summed E-state index contributed by atoms with van der Waals surface area (Å²) in [5.41, 5.74) is 0.546. The predicted octanol–water partition coefficient (Wildman–Crippen LogP) is 4.98. The van der Waals surface area contributed by atoms with Crippen LogP contribution in [0.4, 0.5) is 14.5 Å². The molecule has 2 aromatic heterocycles. The Kier molecular flexibility index (Phi) is 6.13. The van der Waals surface area contributed by atoms with Gasteiger partial charge in [-0.25, -0.2) is 8.78 Å². The fourth-order valence-electron chi connectivity index (χ4n) is 2.93. The maximum atomic E-state index is 13.9. The Morgan fingerprint density at radius 2 is 1.81 bits per heavy atom. The van der Waals surface area contributed by atoms with E-state index in [0.717, 1.165) is 29.5 Å². The largest absolute Gasteiger partial charge is 0.461 e. The normalized spacial score (nSPS) is 12.0. The van der Waals surface area contributed by atoms with Crippen molar-refractivity contribution >= 4 is 23.4 Å². The quantitative estimate of drug-likeness (QED) is 0.410. The van der Waals surface area contributed by atoms with E-state index in [1.165, 1.54) is 6.07 Å². The van der Waals surface area contributed by atoms with Crippen molar-refractivity contribution in [3.63, 3.8) is 0 Å². The third kappa shape index (κ3) is 4.66. The van der Waals surface area contributed by atoms with E-state index in [9.17, 15) is 13.6 Å². The van der Waals surface area contributed by atoms with Gasteiger partial charge in [0.15, 0.2) is 10.9 Å². The van der Waals surface area contributed by atoms with Crippen LogP contribution < -0.4 is 5.32 Å². The standard InChI is InChI=1S/C22H18F2N4O2S/c1-14(21(29)25-19-16(23)9-5-10-17(19)24)31-22-27-26-20(18-11-6-12-30-18)28(22)13-15-7-3-2-4-8-15/h2-12,14H,13H2,1H3,(H,25,29). The lowest BCUT2D eigenvalue weighted by Crippen LogP contribution is -2.24. The first-order valence-electron chi connectivity index (χ1n) is 9.45.